The smallest absolute Gasteiger partial charge is 0.174 e. The van der Waals surface area contributed by atoms with Gasteiger partial charge in [0.25, 0.3) is 0 Å². The van der Waals surface area contributed by atoms with E-state index in [1.807, 2.05) is 19.1 Å². The summed E-state index contributed by atoms with van der Waals surface area (Å²) in [6.07, 6.45) is 0. The molecule has 1 heterocycles. The fourth-order valence-corrected chi connectivity index (χ4v) is 3.35. The molecule has 1 N–H and O–H groups in total. The van der Waals surface area contributed by atoms with Gasteiger partial charge in [-0.25, -0.2) is 4.98 Å². The maximum Gasteiger partial charge on any atom is 0.174 e. The first-order chi connectivity index (χ1) is 8.69. The number of halogens is 1. The second kappa shape index (κ2) is 6.52. The number of hydrogen-bond acceptors (Lipinski definition) is 5. The van der Waals surface area contributed by atoms with Crippen molar-refractivity contribution >= 4 is 34.9 Å². The van der Waals surface area contributed by atoms with Crippen LogP contribution in [-0.4, -0.2) is 15.9 Å². The zero-order valence-corrected chi connectivity index (χ0v) is 12.6. The average molecular weight is 300 g/mol. The Morgan fingerprint density at radius 2 is 2.28 bits per heavy atom. The summed E-state index contributed by atoms with van der Waals surface area (Å²) in [6, 6.07) is 6.13. The molecule has 0 saturated carbocycles. The summed E-state index contributed by atoms with van der Waals surface area (Å²) in [7, 11) is 0. The summed E-state index contributed by atoms with van der Waals surface area (Å²) < 4.78 is 5.08. The van der Waals surface area contributed by atoms with E-state index < -0.39 is 0 Å². The van der Waals surface area contributed by atoms with E-state index in [2.05, 4.69) is 27.7 Å². The van der Waals surface area contributed by atoms with Gasteiger partial charge < -0.3 is 5.32 Å². The van der Waals surface area contributed by atoms with Crippen LogP contribution in [0.5, 0.6) is 0 Å². The zero-order chi connectivity index (χ0) is 13.0. The molecule has 6 heteroatoms. The fourth-order valence-electron chi connectivity index (χ4n) is 1.42. The molecule has 0 bridgehead atoms. The minimum Gasteiger partial charge on any atom is -0.313 e. The number of hydrogen-bond donors (Lipinski definition) is 1. The molecule has 2 aromatic rings. The minimum absolute atomic E-state index is 0.767. The number of nitrogens with one attached hydrogen (secondary N) is 1. The van der Waals surface area contributed by atoms with Gasteiger partial charge >= 0.3 is 0 Å². The van der Waals surface area contributed by atoms with Crippen molar-refractivity contribution in [2.24, 2.45) is 0 Å². The molecule has 0 aliphatic rings. The Morgan fingerprint density at radius 3 is 2.89 bits per heavy atom. The quantitative estimate of drug-likeness (QED) is 0.912. The van der Waals surface area contributed by atoms with Gasteiger partial charge in [0, 0.05) is 11.4 Å². The monoisotopic (exact) mass is 299 g/mol. The standard InChI is InChI=1S/C12H14ClN3S2/c1-3-14-7-9-4-5-11(10(13)6-9)17-12-15-8(2)16-18-12/h4-6,14H,3,7H2,1-2H3. The minimum atomic E-state index is 0.767. The Morgan fingerprint density at radius 1 is 1.44 bits per heavy atom. The number of aromatic nitrogens is 2. The van der Waals surface area contributed by atoms with Crippen LogP contribution in [-0.2, 0) is 6.54 Å². The molecule has 0 fully saturated rings. The van der Waals surface area contributed by atoms with Crippen molar-refractivity contribution in [3.05, 3.63) is 34.6 Å². The van der Waals surface area contributed by atoms with Gasteiger partial charge in [0.05, 0.1) is 5.02 Å². The largest absolute Gasteiger partial charge is 0.313 e. The molecule has 2 rings (SSSR count). The maximum absolute atomic E-state index is 6.27. The molecule has 0 spiro atoms. The van der Waals surface area contributed by atoms with E-state index in [0.717, 1.165) is 33.2 Å². The molecular weight excluding hydrogens is 286 g/mol. The van der Waals surface area contributed by atoms with Crippen LogP contribution in [0.15, 0.2) is 27.4 Å². The van der Waals surface area contributed by atoms with Crippen LogP contribution >= 0.6 is 34.9 Å². The first kappa shape index (κ1) is 13.8. The molecule has 1 aromatic heterocycles. The third kappa shape index (κ3) is 3.68. The number of benzene rings is 1. The van der Waals surface area contributed by atoms with E-state index in [0.29, 0.717) is 0 Å². The molecule has 0 saturated heterocycles. The third-order valence-corrected chi connectivity index (χ3v) is 4.62. The molecule has 18 heavy (non-hydrogen) atoms. The van der Waals surface area contributed by atoms with Gasteiger partial charge in [-0.05, 0) is 42.7 Å². The van der Waals surface area contributed by atoms with Crippen molar-refractivity contribution in [1.29, 1.82) is 0 Å². The lowest BCUT2D eigenvalue weighted by Crippen LogP contribution is -2.11. The molecule has 0 amide bonds. The molecule has 0 unspecified atom stereocenters. The highest BCUT2D eigenvalue weighted by molar-refractivity contribution is 8.01. The van der Waals surface area contributed by atoms with E-state index in [-0.39, 0.29) is 0 Å². The van der Waals surface area contributed by atoms with Crippen LogP contribution in [0.3, 0.4) is 0 Å². The van der Waals surface area contributed by atoms with Crippen LogP contribution < -0.4 is 5.32 Å². The molecular formula is C12H14ClN3S2. The Labute approximate surface area is 120 Å². The van der Waals surface area contributed by atoms with Crippen molar-refractivity contribution in [3.63, 3.8) is 0 Å². The highest BCUT2D eigenvalue weighted by atomic mass is 35.5. The van der Waals surface area contributed by atoms with Gasteiger partial charge in [-0.1, -0.05) is 36.4 Å². The molecule has 3 nitrogen and oxygen atoms in total. The lowest BCUT2D eigenvalue weighted by Gasteiger charge is -2.05. The maximum atomic E-state index is 6.27. The van der Waals surface area contributed by atoms with Gasteiger partial charge in [0.2, 0.25) is 0 Å². The van der Waals surface area contributed by atoms with E-state index in [4.69, 9.17) is 11.6 Å². The van der Waals surface area contributed by atoms with Gasteiger partial charge in [-0.3, -0.25) is 0 Å². The number of rotatable bonds is 5. The average Bonchev–Trinajstić information content (AvgIpc) is 2.75. The van der Waals surface area contributed by atoms with Crippen molar-refractivity contribution < 1.29 is 0 Å². The summed E-state index contributed by atoms with van der Waals surface area (Å²) in [5.74, 6) is 0.808. The topological polar surface area (TPSA) is 37.8 Å². The second-order valence-corrected chi connectivity index (χ2v) is 6.20. The first-order valence-electron chi connectivity index (χ1n) is 5.66. The Balaban J connectivity index is 2.09. The van der Waals surface area contributed by atoms with Crippen molar-refractivity contribution in [1.82, 2.24) is 14.7 Å². The van der Waals surface area contributed by atoms with Crippen LogP contribution in [0.4, 0.5) is 0 Å². The van der Waals surface area contributed by atoms with Gasteiger partial charge in [-0.2, -0.15) is 4.37 Å². The number of nitrogens with zero attached hydrogens (tertiary/aromatic N) is 2. The van der Waals surface area contributed by atoms with E-state index in [9.17, 15) is 0 Å². The summed E-state index contributed by atoms with van der Waals surface area (Å²) in [6.45, 7) is 5.78. The lowest BCUT2D eigenvalue weighted by molar-refractivity contribution is 0.726. The summed E-state index contributed by atoms with van der Waals surface area (Å²) in [5, 5.41) is 4.05. The highest BCUT2D eigenvalue weighted by Crippen LogP contribution is 2.34. The van der Waals surface area contributed by atoms with Crippen molar-refractivity contribution in [2.75, 3.05) is 6.54 Å². The number of aryl methyl sites for hydroxylation is 1. The van der Waals surface area contributed by atoms with Crippen LogP contribution in [0.1, 0.15) is 18.3 Å². The van der Waals surface area contributed by atoms with E-state index in [1.165, 1.54) is 17.1 Å². The summed E-state index contributed by atoms with van der Waals surface area (Å²) >= 11 is 9.24. The molecule has 0 atom stereocenters. The first-order valence-corrected chi connectivity index (χ1v) is 7.63. The molecule has 1 aromatic carbocycles. The Kier molecular flexibility index (Phi) is 5.00. The summed E-state index contributed by atoms with van der Waals surface area (Å²) in [5.41, 5.74) is 1.19. The van der Waals surface area contributed by atoms with Gasteiger partial charge in [0.1, 0.15) is 5.82 Å². The van der Waals surface area contributed by atoms with E-state index in [1.54, 1.807) is 11.8 Å². The van der Waals surface area contributed by atoms with Crippen molar-refractivity contribution in [2.45, 2.75) is 29.6 Å². The molecule has 0 aliphatic carbocycles. The molecule has 96 valence electrons. The van der Waals surface area contributed by atoms with Crippen LogP contribution in [0.2, 0.25) is 5.02 Å². The summed E-state index contributed by atoms with van der Waals surface area (Å²) in [4.78, 5) is 5.34. The third-order valence-electron chi connectivity index (χ3n) is 2.28. The zero-order valence-electron chi connectivity index (χ0n) is 10.2. The van der Waals surface area contributed by atoms with Crippen LogP contribution in [0, 0.1) is 6.92 Å². The van der Waals surface area contributed by atoms with Crippen LogP contribution in [0.25, 0.3) is 0 Å². The second-order valence-electron chi connectivity index (χ2n) is 3.75. The Hall–Kier alpha value is -0.620. The fraction of sp³-hybridized carbons (Fsp3) is 0.333. The van der Waals surface area contributed by atoms with Crippen molar-refractivity contribution in [3.8, 4) is 0 Å². The highest BCUT2D eigenvalue weighted by Gasteiger charge is 2.07. The Bertz CT molecular complexity index is 528. The lowest BCUT2D eigenvalue weighted by atomic mass is 10.2. The van der Waals surface area contributed by atoms with E-state index >= 15 is 0 Å². The predicted octanol–water partition coefficient (Wildman–Crippen LogP) is 3.76. The SMILES string of the molecule is CCNCc1ccc(Sc2nc(C)ns2)c(Cl)c1. The predicted molar refractivity (Wildman–Crippen MR) is 77.6 cm³/mol. The normalized spacial score (nSPS) is 10.8. The van der Waals surface area contributed by atoms with Gasteiger partial charge in [0.15, 0.2) is 4.34 Å². The molecule has 0 radical (unpaired) electrons. The molecule has 0 aliphatic heterocycles. The van der Waals surface area contributed by atoms with Gasteiger partial charge in [-0.15, -0.1) is 0 Å².